The number of halogens is 1. The van der Waals surface area contributed by atoms with E-state index in [1.165, 1.54) is 15.4 Å². The van der Waals surface area contributed by atoms with Crippen molar-refractivity contribution in [3.8, 4) is 0 Å². The standard InChI is InChI=1S/C24H26N2OS.ClH/c1-17(2)18-11-13-19(14-12-18)25-15-20(27)16-26-21-7-3-5-9-23(21)28-24-10-6-4-8-22(24)26;/h3-14,17,20,25,27H,15-16H2,1-2H3;1H. The summed E-state index contributed by atoms with van der Waals surface area (Å²) in [6.07, 6.45) is -0.492. The number of β-amino-alcohol motifs (C(OH)–C–C–N with tert-alkyl or cyclic N) is 1. The van der Waals surface area contributed by atoms with Crippen LogP contribution in [0.15, 0.2) is 82.6 Å². The van der Waals surface area contributed by atoms with Gasteiger partial charge in [-0.1, -0.05) is 62.0 Å². The van der Waals surface area contributed by atoms with Crippen LogP contribution >= 0.6 is 24.2 Å². The molecule has 3 aromatic rings. The minimum atomic E-state index is -0.492. The minimum Gasteiger partial charge on any atom is -0.389 e. The molecule has 1 aliphatic rings. The van der Waals surface area contributed by atoms with Crippen molar-refractivity contribution in [2.75, 3.05) is 23.3 Å². The highest BCUT2D eigenvalue weighted by atomic mass is 35.5. The highest BCUT2D eigenvalue weighted by molar-refractivity contribution is 7.99. The molecule has 0 saturated heterocycles. The average Bonchev–Trinajstić information content (AvgIpc) is 2.72. The predicted octanol–water partition coefficient (Wildman–Crippen LogP) is 6.31. The molecule has 0 fully saturated rings. The van der Waals surface area contributed by atoms with E-state index in [9.17, 15) is 5.11 Å². The number of fused-ring (bicyclic) bond motifs is 2. The quantitative estimate of drug-likeness (QED) is 0.484. The largest absolute Gasteiger partial charge is 0.389 e. The lowest BCUT2D eigenvalue weighted by atomic mass is 10.0. The fraction of sp³-hybridized carbons (Fsp3) is 0.250. The molecular formula is C24H27ClN2OS. The Kier molecular flexibility index (Phi) is 7.12. The van der Waals surface area contributed by atoms with Gasteiger partial charge < -0.3 is 15.3 Å². The van der Waals surface area contributed by atoms with Gasteiger partial charge in [-0.05, 0) is 47.9 Å². The smallest absolute Gasteiger partial charge is 0.0891 e. The molecule has 0 amide bonds. The number of hydrogen-bond acceptors (Lipinski definition) is 4. The molecule has 1 heterocycles. The molecule has 1 aliphatic heterocycles. The maximum Gasteiger partial charge on any atom is 0.0891 e. The summed E-state index contributed by atoms with van der Waals surface area (Å²) >= 11 is 1.79. The monoisotopic (exact) mass is 426 g/mol. The summed E-state index contributed by atoms with van der Waals surface area (Å²) in [7, 11) is 0. The second kappa shape index (κ2) is 9.57. The minimum absolute atomic E-state index is 0. The molecular weight excluding hydrogens is 400 g/mol. The summed E-state index contributed by atoms with van der Waals surface area (Å²) in [5, 5.41) is 14.1. The number of rotatable bonds is 6. The van der Waals surface area contributed by atoms with Gasteiger partial charge in [0, 0.05) is 22.0 Å². The van der Waals surface area contributed by atoms with Crippen molar-refractivity contribution in [1.82, 2.24) is 0 Å². The van der Waals surface area contributed by atoms with E-state index in [0.717, 1.165) is 17.1 Å². The molecule has 5 heteroatoms. The van der Waals surface area contributed by atoms with E-state index in [4.69, 9.17) is 0 Å². The second-order valence-electron chi connectivity index (χ2n) is 7.46. The molecule has 1 unspecified atom stereocenters. The zero-order chi connectivity index (χ0) is 19.5. The molecule has 0 bridgehead atoms. The predicted molar refractivity (Wildman–Crippen MR) is 126 cm³/mol. The van der Waals surface area contributed by atoms with E-state index in [0.29, 0.717) is 19.0 Å². The molecule has 0 radical (unpaired) electrons. The Bertz CT molecular complexity index is 900. The van der Waals surface area contributed by atoms with Crippen LogP contribution in [0.5, 0.6) is 0 Å². The first-order valence-corrected chi connectivity index (χ1v) is 10.6. The van der Waals surface area contributed by atoms with E-state index in [1.807, 2.05) is 0 Å². The van der Waals surface area contributed by atoms with Crippen molar-refractivity contribution in [1.29, 1.82) is 0 Å². The molecule has 29 heavy (non-hydrogen) atoms. The first kappa shape index (κ1) is 21.6. The van der Waals surface area contributed by atoms with Gasteiger partial charge in [0.2, 0.25) is 0 Å². The molecule has 4 rings (SSSR count). The number of para-hydroxylation sites is 2. The van der Waals surface area contributed by atoms with Gasteiger partial charge in [-0.25, -0.2) is 0 Å². The van der Waals surface area contributed by atoms with Crippen molar-refractivity contribution in [2.45, 2.75) is 35.7 Å². The number of aliphatic hydroxyl groups is 1. The molecule has 2 N–H and O–H groups in total. The van der Waals surface area contributed by atoms with Gasteiger partial charge in [0.15, 0.2) is 0 Å². The summed E-state index contributed by atoms with van der Waals surface area (Å²) in [5.74, 6) is 0.525. The van der Waals surface area contributed by atoms with Crippen molar-refractivity contribution < 1.29 is 5.11 Å². The van der Waals surface area contributed by atoms with E-state index in [1.54, 1.807) is 11.8 Å². The molecule has 0 saturated carbocycles. The van der Waals surface area contributed by atoms with Gasteiger partial charge in [-0.2, -0.15) is 0 Å². The van der Waals surface area contributed by atoms with Crippen molar-refractivity contribution in [3.63, 3.8) is 0 Å². The number of nitrogens with one attached hydrogen (secondary N) is 1. The Labute approximate surface area is 183 Å². The van der Waals surface area contributed by atoms with Gasteiger partial charge in [0.1, 0.15) is 0 Å². The molecule has 0 aliphatic carbocycles. The SMILES string of the molecule is CC(C)c1ccc(NCC(O)CN2c3ccccc3Sc3ccccc32)cc1.Cl. The Hall–Kier alpha value is -2.14. The lowest BCUT2D eigenvalue weighted by Gasteiger charge is -2.34. The molecule has 3 aromatic carbocycles. The summed E-state index contributed by atoms with van der Waals surface area (Å²) in [6.45, 7) is 5.44. The third kappa shape index (κ3) is 4.89. The number of hydrogen-bond donors (Lipinski definition) is 2. The number of nitrogens with zero attached hydrogens (tertiary/aromatic N) is 1. The fourth-order valence-electron chi connectivity index (χ4n) is 3.47. The van der Waals surface area contributed by atoms with Crippen LogP contribution in [0.2, 0.25) is 0 Å². The van der Waals surface area contributed by atoms with Crippen molar-refractivity contribution >= 4 is 41.2 Å². The van der Waals surface area contributed by atoms with Crippen LogP contribution in [0, 0.1) is 0 Å². The van der Waals surface area contributed by atoms with Crippen LogP contribution in [-0.2, 0) is 0 Å². The topological polar surface area (TPSA) is 35.5 Å². The Morgan fingerprint density at radius 1 is 0.862 bits per heavy atom. The summed E-state index contributed by atoms with van der Waals surface area (Å²) < 4.78 is 0. The maximum absolute atomic E-state index is 10.7. The van der Waals surface area contributed by atoms with E-state index in [-0.39, 0.29) is 12.4 Å². The van der Waals surface area contributed by atoms with Crippen LogP contribution in [0.25, 0.3) is 0 Å². The summed E-state index contributed by atoms with van der Waals surface area (Å²) in [6, 6.07) is 25.3. The number of benzene rings is 3. The zero-order valence-electron chi connectivity index (χ0n) is 16.7. The third-order valence-corrected chi connectivity index (χ3v) is 6.17. The third-order valence-electron chi connectivity index (χ3n) is 5.04. The summed E-state index contributed by atoms with van der Waals surface area (Å²) in [4.78, 5) is 4.69. The Balaban J connectivity index is 0.00000240. The van der Waals surface area contributed by atoms with Crippen LogP contribution in [-0.4, -0.2) is 24.3 Å². The van der Waals surface area contributed by atoms with Crippen LogP contribution in [0.3, 0.4) is 0 Å². The number of aliphatic hydroxyl groups excluding tert-OH is 1. The zero-order valence-corrected chi connectivity index (χ0v) is 18.3. The molecule has 1 atom stereocenters. The first-order valence-electron chi connectivity index (χ1n) is 9.77. The fourth-order valence-corrected chi connectivity index (χ4v) is 4.57. The Morgan fingerprint density at radius 3 is 1.97 bits per heavy atom. The molecule has 3 nitrogen and oxygen atoms in total. The molecule has 152 valence electrons. The van der Waals surface area contributed by atoms with Gasteiger partial charge >= 0.3 is 0 Å². The van der Waals surface area contributed by atoms with Crippen LogP contribution in [0.4, 0.5) is 17.1 Å². The van der Waals surface area contributed by atoms with Crippen LogP contribution in [0.1, 0.15) is 25.3 Å². The second-order valence-corrected chi connectivity index (χ2v) is 8.54. The average molecular weight is 427 g/mol. The molecule has 0 aromatic heterocycles. The highest BCUT2D eigenvalue weighted by Gasteiger charge is 2.24. The lowest BCUT2D eigenvalue weighted by molar-refractivity contribution is 0.195. The number of anilines is 3. The van der Waals surface area contributed by atoms with Gasteiger partial charge in [-0.15, -0.1) is 12.4 Å². The van der Waals surface area contributed by atoms with E-state index in [2.05, 4.69) is 96.9 Å². The van der Waals surface area contributed by atoms with Crippen molar-refractivity contribution in [2.24, 2.45) is 0 Å². The van der Waals surface area contributed by atoms with Gasteiger partial charge in [0.25, 0.3) is 0 Å². The molecule has 0 spiro atoms. The highest BCUT2D eigenvalue weighted by Crippen LogP contribution is 2.47. The summed E-state index contributed by atoms with van der Waals surface area (Å²) in [5.41, 5.74) is 4.68. The van der Waals surface area contributed by atoms with E-state index < -0.39 is 6.10 Å². The van der Waals surface area contributed by atoms with Gasteiger partial charge in [-0.3, -0.25) is 0 Å². The Morgan fingerprint density at radius 2 is 1.41 bits per heavy atom. The lowest BCUT2D eigenvalue weighted by Crippen LogP contribution is -2.34. The van der Waals surface area contributed by atoms with Crippen LogP contribution < -0.4 is 10.2 Å². The first-order chi connectivity index (χ1) is 13.6. The van der Waals surface area contributed by atoms with Crippen molar-refractivity contribution in [3.05, 3.63) is 78.4 Å². The van der Waals surface area contributed by atoms with E-state index >= 15 is 0 Å². The van der Waals surface area contributed by atoms with Gasteiger partial charge in [0.05, 0.1) is 24.0 Å². The maximum atomic E-state index is 10.7. The normalized spacial score (nSPS) is 13.3.